The number of nitrogens with zero attached hydrogens (tertiary/aromatic N) is 2. The Morgan fingerprint density at radius 2 is 1.85 bits per heavy atom. The van der Waals surface area contributed by atoms with Gasteiger partial charge in [-0.3, -0.25) is 4.99 Å². The van der Waals surface area contributed by atoms with Gasteiger partial charge in [0, 0.05) is 23.5 Å². The number of benzene rings is 2. The van der Waals surface area contributed by atoms with Gasteiger partial charge in [-0.25, -0.2) is 0 Å². The highest BCUT2D eigenvalue weighted by Crippen LogP contribution is 2.45. The lowest BCUT2D eigenvalue weighted by Gasteiger charge is -2.50. The molecule has 1 aliphatic heterocycles. The van der Waals surface area contributed by atoms with E-state index in [1.165, 1.54) is 16.8 Å². The Bertz CT molecular complexity index is 819. The number of fused-ring (bicyclic) bond motifs is 1. The molecule has 26 heavy (non-hydrogen) atoms. The van der Waals surface area contributed by atoms with E-state index in [4.69, 9.17) is 0 Å². The van der Waals surface area contributed by atoms with Crippen LogP contribution in [-0.4, -0.2) is 22.9 Å². The molecule has 1 atom stereocenters. The fraction of sp³-hybridized carbons (Fsp3) is 0.435. The molecule has 3 nitrogen and oxygen atoms in total. The molecule has 1 N–H and O–H groups in total. The van der Waals surface area contributed by atoms with Crippen LogP contribution in [0.3, 0.4) is 0 Å². The van der Waals surface area contributed by atoms with E-state index in [9.17, 15) is 5.11 Å². The van der Waals surface area contributed by atoms with Gasteiger partial charge in [0.05, 0.1) is 5.69 Å². The first-order valence-electron chi connectivity index (χ1n) is 9.46. The zero-order valence-corrected chi connectivity index (χ0v) is 16.7. The van der Waals surface area contributed by atoms with E-state index in [-0.39, 0.29) is 11.3 Å². The molecule has 1 heterocycles. The minimum absolute atomic E-state index is 0.161. The summed E-state index contributed by atoms with van der Waals surface area (Å²) < 4.78 is 0. The van der Waals surface area contributed by atoms with Crippen LogP contribution in [0.25, 0.3) is 0 Å². The molecule has 0 fully saturated rings. The predicted octanol–water partition coefficient (Wildman–Crippen LogP) is 5.95. The summed E-state index contributed by atoms with van der Waals surface area (Å²) in [5, 5.41) is 9.40. The summed E-state index contributed by atoms with van der Waals surface area (Å²) in [5.41, 5.74) is 6.18. The number of hydrogen-bond acceptors (Lipinski definition) is 3. The van der Waals surface area contributed by atoms with E-state index in [1.807, 2.05) is 18.3 Å². The van der Waals surface area contributed by atoms with Crippen LogP contribution in [0.5, 0.6) is 5.75 Å². The van der Waals surface area contributed by atoms with Crippen molar-refractivity contribution in [3.8, 4) is 5.75 Å². The molecular formula is C23H30N2O. The van der Waals surface area contributed by atoms with Gasteiger partial charge in [-0.05, 0) is 100 Å². The molecule has 138 valence electrons. The van der Waals surface area contributed by atoms with Crippen LogP contribution in [0, 0.1) is 6.92 Å². The third kappa shape index (κ3) is 3.48. The topological polar surface area (TPSA) is 35.8 Å². The van der Waals surface area contributed by atoms with E-state index >= 15 is 0 Å². The molecule has 0 saturated heterocycles. The predicted molar refractivity (Wildman–Crippen MR) is 111 cm³/mol. The lowest BCUT2D eigenvalue weighted by Crippen LogP contribution is -2.51. The molecule has 0 radical (unpaired) electrons. The van der Waals surface area contributed by atoms with Crippen molar-refractivity contribution in [1.82, 2.24) is 0 Å². The number of hydrogen-bond donors (Lipinski definition) is 1. The molecule has 0 aliphatic carbocycles. The highest BCUT2D eigenvalue weighted by molar-refractivity contribution is 5.86. The normalized spacial score (nSPS) is 19.2. The lowest BCUT2D eigenvalue weighted by molar-refractivity contribution is 0.356. The molecule has 3 rings (SSSR count). The van der Waals surface area contributed by atoms with Gasteiger partial charge >= 0.3 is 0 Å². The summed E-state index contributed by atoms with van der Waals surface area (Å²) in [4.78, 5) is 7.15. The van der Waals surface area contributed by atoms with Crippen LogP contribution in [0.1, 0.15) is 63.6 Å². The molecule has 2 aromatic carbocycles. The van der Waals surface area contributed by atoms with Gasteiger partial charge in [0.1, 0.15) is 5.75 Å². The second-order valence-corrected chi connectivity index (χ2v) is 8.42. The van der Waals surface area contributed by atoms with E-state index in [2.05, 4.69) is 63.6 Å². The number of phenolic OH excluding ortho intramolecular Hbond substituents is 1. The van der Waals surface area contributed by atoms with Crippen molar-refractivity contribution >= 4 is 17.6 Å². The maximum absolute atomic E-state index is 9.40. The van der Waals surface area contributed by atoms with Gasteiger partial charge in [-0.2, -0.15) is 0 Å². The van der Waals surface area contributed by atoms with Crippen molar-refractivity contribution in [2.45, 2.75) is 65.5 Å². The average Bonchev–Trinajstić information content (AvgIpc) is 2.53. The maximum atomic E-state index is 9.40. The molecule has 0 aromatic heterocycles. The van der Waals surface area contributed by atoms with Crippen molar-refractivity contribution in [1.29, 1.82) is 0 Å². The zero-order chi connectivity index (χ0) is 19.1. The highest BCUT2D eigenvalue weighted by atomic mass is 16.3. The number of phenols is 1. The summed E-state index contributed by atoms with van der Waals surface area (Å²) >= 11 is 0. The first-order valence-corrected chi connectivity index (χ1v) is 9.46. The van der Waals surface area contributed by atoms with E-state index in [0.29, 0.717) is 12.0 Å². The summed E-state index contributed by atoms with van der Waals surface area (Å²) in [6.07, 6.45) is 3.09. The van der Waals surface area contributed by atoms with Crippen LogP contribution in [0.15, 0.2) is 41.4 Å². The van der Waals surface area contributed by atoms with Gasteiger partial charge in [-0.15, -0.1) is 0 Å². The number of rotatable bonds is 3. The first kappa shape index (κ1) is 18.5. The number of aromatic hydroxyl groups is 1. The number of anilines is 1. The second kappa shape index (κ2) is 6.79. The number of aliphatic imine (C=N–C) groups is 1. The van der Waals surface area contributed by atoms with Crippen LogP contribution < -0.4 is 4.90 Å². The van der Waals surface area contributed by atoms with Crippen molar-refractivity contribution in [2.75, 3.05) is 4.90 Å². The van der Waals surface area contributed by atoms with Gasteiger partial charge < -0.3 is 10.0 Å². The van der Waals surface area contributed by atoms with E-state index in [0.717, 1.165) is 17.7 Å². The van der Waals surface area contributed by atoms with Crippen LogP contribution in [0.4, 0.5) is 11.4 Å². The third-order valence-electron chi connectivity index (χ3n) is 5.38. The molecule has 3 heteroatoms. The molecule has 0 bridgehead atoms. The van der Waals surface area contributed by atoms with Crippen LogP contribution in [-0.2, 0) is 0 Å². The molecule has 0 spiro atoms. The fourth-order valence-electron chi connectivity index (χ4n) is 4.41. The quantitative estimate of drug-likeness (QED) is 0.694. The van der Waals surface area contributed by atoms with Gasteiger partial charge in [0.15, 0.2) is 0 Å². The van der Waals surface area contributed by atoms with E-state index in [1.54, 1.807) is 12.1 Å². The Hall–Kier alpha value is -2.29. The SMILES string of the molecule is Cc1cc2c(cc1C=Nc1ccc(O)cc1)[C@@H](C)CC(C)(C)N2C(C)C. The molecule has 0 amide bonds. The zero-order valence-electron chi connectivity index (χ0n) is 16.7. The molecule has 1 aliphatic rings. The third-order valence-corrected chi connectivity index (χ3v) is 5.38. The minimum Gasteiger partial charge on any atom is -0.508 e. The summed E-state index contributed by atoms with van der Waals surface area (Å²) in [6, 6.07) is 12.1. The highest BCUT2D eigenvalue weighted by Gasteiger charge is 2.37. The average molecular weight is 351 g/mol. The Kier molecular flexibility index (Phi) is 4.83. The first-order chi connectivity index (χ1) is 12.2. The smallest absolute Gasteiger partial charge is 0.115 e. The van der Waals surface area contributed by atoms with Crippen molar-refractivity contribution in [2.24, 2.45) is 4.99 Å². The van der Waals surface area contributed by atoms with Crippen molar-refractivity contribution in [3.63, 3.8) is 0 Å². The van der Waals surface area contributed by atoms with Crippen LogP contribution >= 0.6 is 0 Å². The Morgan fingerprint density at radius 3 is 2.46 bits per heavy atom. The fourth-order valence-corrected chi connectivity index (χ4v) is 4.41. The lowest BCUT2D eigenvalue weighted by atomic mass is 9.78. The van der Waals surface area contributed by atoms with Crippen molar-refractivity contribution < 1.29 is 5.11 Å². The molecular weight excluding hydrogens is 320 g/mol. The molecule has 0 saturated carbocycles. The molecule has 0 unspecified atom stereocenters. The standard InChI is InChI=1S/C23H30N2O/c1-15(2)25-22-11-16(3)18(12-21(22)17(4)13-23(25,5)6)14-24-19-7-9-20(26)10-8-19/h7-12,14-15,17,26H,13H2,1-6H3/t17-/m0/s1. The molecule has 2 aromatic rings. The Labute approximate surface area is 157 Å². The van der Waals surface area contributed by atoms with Gasteiger partial charge in [-0.1, -0.05) is 6.92 Å². The summed E-state index contributed by atoms with van der Waals surface area (Å²) in [7, 11) is 0. The Balaban J connectivity index is 2.01. The van der Waals surface area contributed by atoms with Gasteiger partial charge in [0.25, 0.3) is 0 Å². The monoisotopic (exact) mass is 350 g/mol. The Morgan fingerprint density at radius 1 is 1.19 bits per heavy atom. The van der Waals surface area contributed by atoms with Crippen molar-refractivity contribution in [3.05, 3.63) is 53.1 Å². The summed E-state index contributed by atoms with van der Waals surface area (Å²) in [6.45, 7) is 13.7. The second-order valence-electron chi connectivity index (χ2n) is 8.42. The number of aryl methyl sites for hydroxylation is 1. The van der Waals surface area contributed by atoms with Crippen LogP contribution in [0.2, 0.25) is 0 Å². The largest absolute Gasteiger partial charge is 0.508 e. The maximum Gasteiger partial charge on any atom is 0.115 e. The van der Waals surface area contributed by atoms with E-state index < -0.39 is 0 Å². The minimum atomic E-state index is 0.161. The summed E-state index contributed by atoms with van der Waals surface area (Å²) in [5.74, 6) is 0.788. The van der Waals surface area contributed by atoms with Gasteiger partial charge in [0.2, 0.25) is 0 Å².